The van der Waals surface area contributed by atoms with Gasteiger partial charge in [-0.15, -0.1) is 0 Å². The second-order valence-electron chi connectivity index (χ2n) is 3.75. The zero-order valence-electron chi connectivity index (χ0n) is 8.24. The van der Waals surface area contributed by atoms with E-state index in [0.29, 0.717) is 5.92 Å². The molecule has 2 heterocycles. The van der Waals surface area contributed by atoms with Gasteiger partial charge in [-0.2, -0.15) is 5.10 Å². The van der Waals surface area contributed by atoms with Crippen LogP contribution >= 0.6 is 15.9 Å². The number of rotatable bonds is 2. The largest absolute Gasteiger partial charge is 0.220 e. The third kappa shape index (κ3) is 1.80. The molecule has 74 valence electrons. The van der Waals surface area contributed by atoms with Crippen molar-refractivity contribution in [1.29, 1.82) is 0 Å². The van der Waals surface area contributed by atoms with E-state index in [4.69, 9.17) is 0 Å². The van der Waals surface area contributed by atoms with Crippen molar-refractivity contribution in [2.75, 3.05) is 0 Å². The molecule has 0 aliphatic carbocycles. The quantitative estimate of drug-likeness (QED) is 0.824. The fourth-order valence-corrected chi connectivity index (χ4v) is 1.79. The predicted octanol–water partition coefficient (Wildman–Crippen LogP) is 2.69. The summed E-state index contributed by atoms with van der Waals surface area (Å²) in [7, 11) is 0. The van der Waals surface area contributed by atoms with Gasteiger partial charge in [0.15, 0.2) is 11.5 Å². The van der Waals surface area contributed by atoms with Crippen molar-refractivity contribution in [3.8, 4) is 0 Å². The normalized spacial score (nSPS) is 11.4. The van der Waals surface area contributed by atoms with Gasteiger partial charge in [-0.25, -0.2) is 9.50 Å². The van der Waals surface area contributed by atoms with Gasteiger partial charge in [-0.05, 0) is 34.0 Å². The van der Waals surface area contributed by atoms with Crippen molar-refractivity contribution in [2.24, 2.45) is 5.92 Å². The van der Waals surface area contributed by atoms with E-state index >= 15 is 0 Å². The maximum atomic E-state index is 4.46. The SMILES string of the molecule is CC(C)Cc1nc2c(Br)cccn2n1. The fourth-order valence-electron chi connectivity index (χ4n) is 1.37. The van der Waals surface area contributed by atoms with E-state index in [9.17, 15) is 0 Å². The smallest absolute Gasteiger partial charge is 0.169 e. The van der Waals surface area contributed by atoms with Crippen molar-refractivity contribution < 1.29 is 0 Å². The van der Waals surface area contributed by atoms with Crippen LogP contribution in [-0.2, 0) is 6.42 Å². The average Bonchev–Trinajstić information content (AvgIpc) is 2.47. The molecule has 2 aromatic rings. The first-order chi connectivity index (χ1) is 6.66. The standard InChI is InChI=1S/C10H12BrN3/c1-7(2)6-9-12-10-8(11)4-3-5-14(10)13-9/h3-5,7H,6H2,1-2H3. The lowest BCUT2D eigenvalue weighted by Gasteiger charge is -1.96. The molecule has 0 aliphatic rings. The monoisotopic (exact) mass is 253 g/mol. The van der Waals surface area contributed by atoms with Gasteiger partial charge in [0.25, 0.3) is 0 Å². The molecule has 0 spiro atoms. The number of pyridine rings is 1. The van der Waals surface area contributed by atoms with Gasteiger partial charge in [0.05, 0.1) is 4.47 Å². The Kier molecular flexibility index (Phi) is 2.54. The number of nitrogens with zero attached hydrogens (tertiary/aromatic N) is 3. The first-order valence-electron chi connectivity index (χ1n) is 4.66. The summed E-state index contributed by atoms with van der Waals surface area (Å²) in [5, 5.41) is 4.39. The van der Waals surface area contributed by atoms with Crippen LogP contribution < -0.4 is 0 Å². The highest BCUT2D eigenvalue weighted by atomic mass is 79.9. The molecule has 0 amide bonds. The van der Waals surface area contributed by atoms with Crippen molar-refractivity contribution in [2.45, 2.75) is 20.3 Å². The number of fused-ring (bicyclic) bond motifs is 1. The Bertz CT molecular complexity index is 448. The van der Waals surface area contributed by atoms with Crippen molar-refractivity contribution in [3.63, 3.8) is 0 Å². The van der Waals surface area contributed by atoms with Gasteiger partial charge < -0.3 is 0 Å². The molecule has 3 nitrogen and oxygen atoms in total. The number of hydrogen-bond donors (Lipinski definition) is 0. The lowest BCUT2D eigenvalue weighted by Crippen LogP contribution is -1.96. The van der Waals surface area contributed by atoms with E-state index in [-0.39, 0.29) is 0 Å². The van der Waals surface area contributed by atoms with Gasteiger partial charge >= 0.3 is 0 Å². The first kappa shape index (κ1) is 9.65. The predicted molar refractivity (Wildman–Crippen MR) is 59.2 cm³/mol. The summed E-state index contributed by atoms with van der Waals surface area (Å²) in [6.45, 7) is 4.33. The Morgan fingerprint density at radius 2 is 2.29 bits per heavy atom. The molecule has 14 heavy (non-hydrogen) atoms. The van der Waals surface area contributed by atoms with Gasteiger partial charge in [0.1, 0.15) is 0 Å². The Morgan fingerprint density at radius 1 is 1.50 bits per heavy atom. The molecule has 0 radical (unpaired) electrons. The minimum absolute atomic E-state index is 0.589. The fraction of sp³-hybridized carbons (Fsp3) is 0.400. The van der Waals surface area contributed by atoms with E-state index in [2.05, 4.69) is 39.9 Å². The highest BCUT2D eigenvalue weighted by Crippen LogP contribution is 2.16. The highest BCUT2D eigenvalue weighted by molar-refractivity contribution is 9.10. The molecule has 0 fully saturated rings. The third-order valence-electron chi connectivity index (χ3n) is 1.95. The molecule has 0 bridgehead atoms. The van der Waals surface area contributed by atoms with Gasteiger partial charge in [-0.1, -0.05) is 13.8 Å². The Labute approximate surface area is 91.3 Å². The number of hydrogen-bond acceptors (Lipinski definition) is 2. The van der Waals surface area contributed by atoms with Crippen LogP contribution in [0.1, 0.15) is 19.7 Å². The lowest BCUT2D eigenvalue weighted by molar-refractivity contribution is 0.620. The summed E-state index contributed by atoms with van der Waals surface area (Å²) in [5.74, 6) is 1.50. The summed E-state index contributed by atoms with van der Waals surface area (Å²) in [6, 6.07) is 3.92. The molecule has 0 saturated heterocycles. The summed E-state index contributed by atoms with van der Waals surface area (Å²) < 4.78 is 2.80. The van der Waals surface area contributed by atoms with E-state index in [1.807, 2.05) is 22.8 Å². The Balaban J connectivity index is 2.46. The van der Waals surface area contributed by atoms with E-state index in [0.717, 1.165) is 22.4 Å². The minimum atomic E-state index is 0.589. The highest BCUT2D eigenvalue weighted by Gasteiger charge is 2.07. The Hall–Kier alpha value is -0.900. The zero-order chi connectivity index (χ0) is 10.1. The summed E-state index contributed by atoms with van der Waals surface area (Å²) >= 11 is 3.45. The lowest BCUT2D eigenvalue weighted by atomic mass is 10.1. The van der Waals surface area contributed by atoms with Crippen LogP contribution in [0.4, 0.5) is 0 Å². The van der Waals surface area contributed by atoms with Crippen molar-refractivity contribution >= 4 is 21.6 Å². The van der Waals surface area contributed by atoms with Crippen LogP contribution in [0.5, 0.6) is 0 Å². The molecule has 2 aromatic heterocycles. The molecule has 2 rings (SSSR count). The summed E-state index contributed by atoms with van der Waals surface area (Å²) in [5.41, 5.74) is 0.892. The molecular weight excluding hydrogens is 242 g/mol. The topological polar surface area (TPSA) is 30.2 Å². The van der Waals surface area contributed by atoms with Crippen LogP contribution in [0.2, 0.25) is 0 Å². The molecule has 0 aliphatic heterocycles. The van der Waals surface area contributed by atoms with Gasteiger partial charge in [0.2, 0.25) is 0 Å². The van der Waals surface area contributed by atoms with E-state index < -0.39 is 0 Å². The maximum Gasteiger partial charge on any atom is 0.169 e. The van der Waals surface area contributed by atoms with Gasteiger partial charge in [-0.3, -0.25) is 0 Å². The van der Waals surface area contributed by atoms with Crippen LogP contribution in [0.15, 0.2) is 22.8 Å². The Morgan fingerprint density at radius 3 is 2.93 bits per heavy atom. The van der Waals surface area contributed by atoms with Crippen LogP contribution in [0.3, 0.4) is 0 Å². The average molecular weight is 254 g/mol. The second kappa shape index (κ2) is 3.69. The maximum absolute atomic E-state index is 4.46. The number of aromatic nitrogens is 3. The number of halogens is 1. The van der Waals surface area contributed by atoms with Gasteiger partial charge in [0, 0.05) is 12.6 Å². The minimum Gasteiger partial charge on any atom is -0.220 e. The molecule has 0 aromatic carbocycles. The molecule has 0 atom stereocenters. The summed E-state index contributed by atoms with van der Waals surface area (Å²) in [6.07, 6.45) is 2.84. The molecule has 0 N–H and O–H groups in total. The van der Waals surface area contributed by atoms with Crippen molar-refractivity contribution in [1.82, 2.24) is 14.6 Å². The molecule has 0 unspecified atom stereocenters. The third-order valence-corrected chi connectivity index (χ3v) is 2.57. The molecule has 4 heteroatoms. The van der Waals surface area contributed by atoms with E-state index in [1.165, 1.54) is 0 Å². The first-order valence-corrected chi connectivity index (χ1v) is 5.46. The molecular formula is C10H12BrN3. The van der Waals surface area contributed by atoms with E-state index in [1.54, 1.807) is 0 Å². The van der Waals surface area contributed by atoms with Crippen molar-refractivity contribution in [3.05, 3.63) is 28.6 Å². The van der Waals surface area contributed by atoms with Crippen LogP contribution in [0.25, 0.3) is 5.65 Å². The second-order valence-corrected chi connectivity index (χ2v) is 4.60. The molecule has 0 saturated carbocycles. The van der Waals surface area contributed by atoms with Crippen LogP contribution in [0, 0.1) is 5.92 Å². The summed E-state index contributed by atoms with van der Waals surface area (Å²) in [4.78, 5) is 4.46. The zero-order valence-corrected chi connectivity index (χ0v) is 9.82. The van der Waals surface area contributed by atoms with Crippen LogP contribution in [-0.4, -0.2) is 14.6 Å².